The number of carboxylic acids is 1. The SMILES string of the molecule is CCCCN(CCCO)c1ncc(-c2ccnc(Nc3cccc(CN4CCN(CC(=O)O)CC4)c3)c2)cn1. The van der Waals surface area contributed by atoms with Gasteiger partial charge in [-0.15, -0.1) is 0 Å². The molecule has 0 saturated carbocycles. The predicted octanol–water partition coefficient (Wildman–Crippen LogP) is 3.47. The summed E-state index contributed by atoms with van der Waals surface area (Å²) in [6.45, 7) is 8.10. The highest BCUT2D eigenvalue weighted by atomic mass is 16.4. The molecule has 39 heavy (non-hydrogen) atoms. The highest BCUT2D eigenvalue weighted by molar-refractivity contribution is 5.69. The summed E-state index contributed by atoms with van der Waals surface area (Å²) in [6.07, 6.45) is 8.31. The second kappa shape index (κ2) is 14.5. The van der Waals surface area contributed by atoms with Crippen molar-refractivity contribution in [1.29, 1.82) is 0 Å². The fraction of sp³-hybridized carbons (Fsp3) is 0.448. The van der Waals surface area contributed by atoms with E-state index in [0.717, 1.165) is 81.3 Å². The molecule has 3 N–H and O–H groups in total. The van der Waals surface area contributed by atoms with Crippen LogP contribution < -0.4 is 10.2 Å². The number of aliphatic hydroxyl groups is 1. The Morgan fingerprint density at radius 1 is 0.974 bits per heavy atom. The number of rotatable bonds is 14. The summed E-state index contributed by atoms with van der Waals surface area (Å²) in [4.78, 5) is 31.1. The average Bonchev–Trinajstić information content (AvgIpc) is 2.94. The van der Waals surface area contributed by atoms with Gasteiger partial charge in [0.05, 0.1) is 6.54 Å². The van der Waals surface area contributed by atoms with Gasteiger partial charge in [0.15, 0.2) is 0 Å². The molecular formula is C29H39N7O3. The van der Waals surface area contributed by atoms with E-state index in [1.165, 1.54) is 5.56 Å². The van der Waals surface area contributed by atoms with Crippen LogP contribution in [0.4, 0.5) is 17.5 Å². The van der Waals surface area contributed by atoms with E-state index in [1.807, 2.05) is 41.6 Å². The van der Waals surface area contributed by atoms with Crippen molar-refractivity contribution < 1.29 is 15.0 Å². The number of anilines is 3. The largest absolute Gasteiger partial charge is 0.480 e. The van der Waals surface area contributed by atoms with E-state index in [4.69, 9.17) is 5.11 Å². The Bertz CT molecular complexity index is 1180. The first-order valence-electron chi connectivity index (χ1n) is 13.7. The summed E-state index contributed by atoms with van der Waals surface area (Å²) in [5.74, 6) is 0.657. The second-order valence-electron chi connectivity index (χ2n) is 9.89. The molecule has 10 heteroatoms. The van der Waals surface area contributed by atoms with Crippen LogP contribution in [0.3, 0.4) is 0 Å². The lowest BCUT2D eigenvalue weighted by atomic mass is 10.1. The number of unbranched alkanes of at least 4 members (excludes halogenated alkanes) is 1. The lowest BCUT2D eigenvalue weighted by Gasteiger charge is -2.33. The minimum absolute atomic E-state index is 0.109. The zero-order chi connectivity index (χ0) is 27.5. The van der Waals surface area contributed by atoms with Gasteiger partial charge in [0.1, 0.15) is 5.82 Å². The number of aliphatic carboxylic acids is 1. The van der Waals surface area contributed by atoms with Crippen LogP contribution in [-0.4, -0.2) is 93.4 Å². The van der Waals surface area contributed by atoms with E-state index in [2.05, 4.69) is 49.1 Å². The van der Waals surface area contributed by atoms with Gasteiger partial charge in [-0.1, -0.05) is 25.5 Å². The molecule has 0 unspecified atom stereocenters. The predicted molar refractivity (Wildman–Crippen MR) is 153 cm³/mol. The van der Waals surface area contributed by atoms with Crippen molar-refractivity contribution in [1.82, 2.24) is 24.8 Å². The number of carbonyl (C=O) groups is 1. The molecule has 0 aliphatic carbocycles. The first-order chi connectivity index (χ1) is 19.0. The molecular weight excluding hydrogens is 494 g/mol. The third-order valence-corrected chi connectivity index (χ3v) is 6.81. The van der Waals surface area contributed by atoms with Crippen molar-refractivity contribution in [3.8, 4) is 11.1 Å². The molecule has 0 bridgehead atoms. The maximum Gasteiger partial charge on any atom is 0.317 e. The van der Waals surface area contributed by atoms with Crippen molar-refractivity contribution in [2.75, 3.05) is 62.6 Å². The van der Waals surface area contributed by atoms with Gasteiger partial charge in [0, 0.05) is 82.3 Å². The van der Waals surface area contributed by atoms with Crippen LogP contribution >= 0.6 is 0 Å². The van der Waals surface area contributed by atoms with Gasteiger partial charge in [-0.2, -0.15) is 0 Å². The van der Waals surface area contributed by atoms with E-state index in [0.29, 0.717) is 12.4 Å². The molecule has 0 spiro atoms. The van der Waals surface area contributed by atoms with Crippen LogP contribution in [-0.2, 0) is 11.3 Å². The van der Waals surface area contributed by atoms with Crippen LogP contribution in [0.1, 0.15) is 31.7 Å². The number of benzene rings is 1. The molecule has 0 radical (unpaired) electrons. The Labute approximate surface area is 230 Å². The van der Waals surface area contributed by atoms with Crippen molar-refractivity contribution in [2.45, 2.75) is 32.7 Å². The van der Waals surface area contributed by atoms with Gasteiger partial charge in [-0.25, -0.2) is 15.0 Å². The highest BCUT2D eigenvalue weighted by Gasteiger charge is 2.18. The smallest absolute Gasteiger partial charge is 0.317 e. The van der Waals surface area contributed by atoms with Gasteiger partial charge in [0.25, 0.3) is 0 Å². The van der Waals surface area contributed by atoms with Crippen molar-refractivity contribution in [3.05, 3.63) is 60.6 Å². The molecule has 10 nitrogen and oxygen atoms in total. The second-order valence-corrected chi connectivity index (χ2v) is 9.89. The van der Waals surface area contributed by atoms with Crippen molar-refractivity contribution in [3.63, 3.8) is 0 Å². The molecule has 1 aromatic carbocycles. The molecule has 3 heterocycles. The summed E-state index contributed by atoms with van der Waals surface area (Å²) in [7, 11) is 0. The monoisotopic (exact) mass is 533 g/mol. The zero-order valence-corrected chi connectivity index (χ0v) is 22.7. The Balaban J connectivity index is 1.37. The Kier molecular flexibility index (Phi) is 10.6. The van der Waals surface area contributed by atoms with Crippen LogP contribution in [0, 0.1) is 0 Å². The standard InChI is InChI=1S/C29H39N7O3/c1-2-3-10-36(11-5-16-37)29-31-19-25(20-32-29)24-8-9-30-27(18-24)33-26-7-4-6-23(17-26)21-34-12-14-35(15-13-34)22-28(38)39/h4,6-9,17-20,37H,2-3,5,10-16,21-22H2,1H3,(H,30,33)(H,38,39). The lowest BCUT2D eigenvalue weighted by Crippen LogP contribution is -2.47. The lowest BCUT2D eigenvalue weighted by molar-refractivity contribution is -0.138. The first kappa shape index (κ1) is 28.4. The summed E-state index contributed by atoms with van der Waals surface area (Å²) < 4.78 is 0. The zero-order valence-electron chi connectivity index (χ0n) is 22.7. The van der Waals surface area contributed by atoms with Gasteiger partial charge < -0.3 is 20.4 Å². The molecule has 208 valence electrons. The number of aliphatic hydroxyl groups excluding tert-OH is 1. The number of nitrogens with zero attached hydrogens (tertiary/aromatic N) is 6. The fourth-order valence-corrected chi connectivity index (χ4v) is 4.68. The third kappa shape index (κ3) is 8.71. The molecule has 3 aromatic rings. The Morgan fingerprint density at radius 2 is 1.72 bits per heavy atom. The number of piperazine rings is 1. The Morgan fingerprint density at radius 3 is 2.44 bits per heavy atom. The van der Waals surface area contributed by atoms with Gasteiger partial charge in [-0.3, -0.25) is 14.6 Å². The summed E-state index contributed by atoms with van der Waals surface area (Å²) in [5, 5.41) is 21.7. The number of carboxylic acid groups (broad SMARTS) is 1. The van der Waals surface area contributed by atoms with E-state index >= 15 is 0 Å². The van der Waals surface area contributed by atoms with Crippen LogP contribution in [0.2, 0.25) is 0 Å². The third-order valence-electron chi connectivity index (χ3n) is 6.81. The summed E-state index contributed by atoms with van der Waals surface area (Å²) >= 11 is 0. The van der Waals surface area contributed by atoms with Crippen molar-refractivity contribution >= 4 is 23.4 Å². The molecule has 0 atom stereocenters. The van der Waals surface area contributed by atoms with Gasteiger partial charge >= 0.3 is 5.97 Å². The molecule has 0 amide bonds. The van der Waals surface area contributed by atoms with Crippen LogP contribution in [0.25, 0.3) is 11.1 Å². The van der Waals surface area contributed by atoms with E-state index in [1.54, 1.807) is 6.20 Å². The van der Waals surface area contributed by atoms with Crippen molar-refractivity contribution in [2.24, 2.45) is 0 Å². The number of hydrogen-bond donors (Lipinski definition) is 3. The molecule has 1 aliphatic rings. The van der Waals surface area contributed by atoms with Gasteiger partial charge in [0.2, 0.25) is 5.95 Å². The molecule has 1 saturated heterocycles. The van der Waals surface area contributed by atoms with E-state index in [9.17, 15) is 9.90 Å². The number of hydrogen-bond acceptors (Lipinski definition) is 9. The first-order valence-corrected chi connectivity index (χ1v) is 13.7. The normalized spacial score (nSPS) is 14.3. The topological polar surface area (TPSA) is 118 Å². The van der Waals surface area contributed by atoms with Gasteiger partial charge in [-0.05, 0) is 48.2 Å². The van der Waals surface area contributed by atoms with E-state index in [-0.39, 0.29) is 13.2 Å². The number of nitrogens with one attached hydrogen (secondary N) is 1. The number of aromatic nitrogens is 3. The molecule has 2 aromatic heterocycles. The van der Waals surface area contributed by atoms with E-state index < -0.39 is 5.97 Å². The maximum atomic E-state index is 10.9. The minimum atomic E-state index is -0.771. The fourth-order valence-electron chi connectivity index (χ4n) is 4.68. The number of pyridine rings is 1. The minimum Gasteiger partial charge on any atom is -0.480 e. The van der Waals surface area contributed by atoms with Crippen LogP contribution in [0.5, 0.6) is 0 Å². The highest BCUT2D eigenvalue weighted by Crippen LogP contribution is 2.24. The Hall–Kier alpha value is -3.60. The average molecular weight is 534 g/mol. The summed E-state index contributed by atoms with van der Waals surface area (Å²) in [6, 6.07) is 12.3. The summed E-state index contributed by atoms with van der Waals surface area (Å²) in [5.41, 5.74) is 4.05. The van der Waals surface area contributed by atoms with Crippen LogP contribution in [0.15, 0.2) is 55.0 Å². The molecule has 4 rings (SSSR count). The quantitative estimate of drug-likeness (QED) is 0.284. The molecule has 1 fully saturated rings. The molecule has 1 aliphatic heterocycles. The maximum absolute atomic E-state index is 10.9.